The van der Waals surface area contributed by atoms with Crippen LogP contribution in [0.2, 0.25) is 0 Å². The highest BCUT2D eigenvalue weighted by Crippen LogP contribution is 2.66. The van der Waals surface area contributed by atoms with Gasteiger partial charge in [-0.05, 0) is 42.2 Å². The number of ether oxygens (including phenoxy) is 1. The maximum absolute atomic E-state index is 12.1. The van der Waals surface area contributed by atoms with Crippen molar-refractivity contribution in [1.82, 2.24) is 0 Å². The van der Waals surface area contributed by atoms with Gasteiger partial charge in [-0.25, -0.2) is 4.79 Å². The smallest absolute Gasteiger partial charge is 0.331 e. The maximum atomic E-state index is 12.1. The van der Waals surface area contributed by atoms with E-state index in [-0.39, 0.29) is 22.9 Å². The zero-order chi connectivity index (χ0) is 15.1. The standard InChI is InChI=1S/C19H24O2/c1-18(2)15-11-12-19(18,3)16(13-15)21-17(20)10-9-14-7-5-4-6-8-14/h4-10,15-16H,11-13H2,1-3H3/b10-9+/t15-,16-,19+/m1/s1. The molecule has 2 nitrogen and oxygen atoms in total. The fourth-order valence-corrected chi connectivity index (χ4v) is 4.22. The van der Waals surface area contributed by atoms with Crippen LogP contribution in [0.5, 0.6) is 0 Å². The molecule has 0 aliphatic heterocycles. The largest absolute Gasteiger partial charge is 0.459 e. The average Bonchev–Trinajstić information content (AvgIpc) is 2.79. The molecule has 0 aromatic heterocycles. The van der Waals surface area contributed by atoms with Crippen molar-refractivity contribution in [2.24, 2.45) is 16.7 Å². The molecule has 3 rings (SSSR count). The molecule has 2 aliphatic carbocycles. The minimum absolute atomic E-state index is 0.0687. The van der Waals surface area contributed by atoms with Crippen LogP contribution in [0.3, 0.4) is 0 Å². The van der Waals surface area contributed by atoms with Crippen molar-refractivity contribution < 1.29 is 9.53 Å². The van der Waals surface area contributed by atoms with Gasteiger partial charge in [-0.15, -0.1) is 0 Å². The number of benzene rings is 1. The second-order valence-electron chi connectivity index (χ2n) is 7.28. The summed E-state index contributed by atoms with van der Waals surface area (Å²) < 4.78 is 5.78. The lowest BCUT2D eigenvalue weighted by molar-refractivity contribution is -0.150. The highest BCUT2D eigenvalue weighted by Gasteiger charge is 2.62. The highest BCUT2D eigenvalue weighted by atomic mass is 16.5. The third-order valence-corrected chi connectivity index (χ3v) is 6.18. The summed E-state index contributed by atoms with van der Waals surface area (Å²) in [5.74, 6) is 0.479. The summed E-state index contributed by atoms with van der Waals surface area (Å²) >= 11 is 0. The van der Waals surface area contributed by atoms with E-state index in [1.807, 2.05) is 36.4 Å². The summed E-state index contributed by atoms with van der Waals surface area (Å²) in [6.07, 6.45) is 6.91. The topological polar surface area (TPSA) is 26.3 Å². The summed E-state index contributed by atoms with van der Waals surface area (Å²) in [4.78, 5) is 12.1. The molecule has 0 spiro atoms. The minimum Gasteiger partial charge on any atom is -0.459 e. The monoisotopic (exact) mass is 284 g/mol. The van der Waals surface area contributed by atoms with Gasteiger partial charge in [-0.2, -0.15) is 0 Å². The van der Waals surface area contributed by atoms with Crippen LogP contribution in [-0.2, 0) is 9.53 Å². The van der Waals surface area contributed by atoms with Gasteiger partial charge in [0.05, 0.1) is 0 Å². The lowest BCUT2D eigenvalue weighted by Crippen LogP contribution is -2.38. The number of hydrogen-bond acceptors (Lipinski definition) is 2. The van der Waals surface area contributed by atoms with Crippen LogP contribution >= 0.6 is 0 Å². The molecule has 0 radical (unpaired) electrons. The van der Waals surface area contributed by atoms with Crippen molar-refractivity contribution in [3.8, 4) is 0 Å². The first kappa shape index (κ1) is 14.4. The molecule has 2 aliphatic rings. The highest BCUT2D eigenvalue weighted by molar-refractivity contribution is 5.87. The first-order valence-corrected chi connectivity index (χ1v) is 7.87. The van der Waals surface area contributed by atoms with Gasteiger partial charge in [0, 0.05) is 11.5 Å². The van der Waals surface area contributed by atoms with E-state index in [1.165, 1.54) is 12.8 Å². The Morgan fingerprint density at radius 2 is 1.95 bits per heavy atom. The number of carbonyl (C=O) groups excluding carboxylic acids is 1. The molecular formula is C19H24O2. The van der Waals surface area contributed by atoms with Crippen LogP contribution in [0.4, 0.5) is 0 Å². The van der Waals surface area contributed by atoms with Crippen LogP contribution in [0.1, 0.15) is 45.6 Å². The zero-order valence-corrected chi connectivity index (χ0v) is 13.1. The number of fused-ring (bicyclic) bond motifs is 2. The van der Waals surface area contributed by atoms with Crippen LogP contribution in [-0.4, -0.2) is 12.1 Å². The summed E-state index contributed by atoms with van der Waals surface area (Å²) in [6.45, 7) is 6.95. The van der Waals surface area contributed by atoms with Gasteiger partial charge in [0.2, 0.25) is 0 Å². The summed E-state index contributed by atoms with van der Waals surface area (Å²) in [5, 5.41) is 0. The van der Waals surface area contributed by atoms with Crippen molar-refractivity contribution in [2.75, 3.05) is 0 Å². The normalized spacial score (nSPS) is 33.5. The number of carbonyl (C=O) groups is 1. The number of esters is 1. The molecule has 1 aromatic carbocycles. The van der Waals surface area contributed by atoms with E-state index < -0.39 is 0 Å². The van der Waals surface area contributed by atoms with Crippen LogP contribution < -0.4 is 0 Å². The van der Waals surface area contributed by atoms with Gasteiger partial charge in [-0.1, -0.05) is 51.1 Å². The molecule has 2 bridgehead atoms. The molecule has 2 saturated carbocycles. The van der Waals surface area contributed by atoms with Crippen LogP contribution in [0.15, 0.2) is 36.4 Å². The number of hydrogen-bond donors (Lipinski definition) is 0. The lowest BCUT2D eigenvalue weighted by Gasteiger charge is -2.38. The second kappa shape index (κ2) is 5.01. The van der Waals surface area contributed by atoms with Gasteiger partial charge in [0.15, 0.2) is 0 Å². The molecule has 112 valence electrons. The Morgan fingerprint density at radius 3 is 2.52 bits per heavy atom. The van der Waals surface area contributed by atoms with Gasteiger partial charge in [0.1, 0.15) is 6.10 Å². The van der Waals surface area contributed by atoms with Crippen molar-refractivity contribution >= 4 is 12.0 Å². The Bertz CT molecular complexity index is 558. The minimum atomic E-state index is -0.214. The number of rotatable bonds is 3. The first-order valence-electron chi connectivity index (χ1n) is 7.87. The quantitative estimate of drug-likeness (QED) is 0.605. The Morgan fingerprint density at radius 1 is 1.24 bits per heavy atom. The predicted molar refractivity (Wildman–Crippen MR) is 84.6 cm³/mol. The third-order valence-electron chi connectivity index (χ3n) is 6.18. The van der Waals surface area contributed by atoms with Crippen molar-refractivity contribution in [3.63, 3.8) is 0 Å². The fraction of sp³-hybridized carbons (Fsp3) is 0.526. The van der Waals surface area contributed by atoms with E-state index >= 15 is 0 Å². The van der Waals surface area contributed by atoms with E-state index in [0.29, 0.717) is 5.92 Å². The average molecular weight is 284 g/mol. The molecule has 3 atom stereocenters. The van der Waals surface area contributed by atoms with Crippen molar-refractivity contribution in [2.45, 2.75) is 46.1 Å². The molecular weight excluding hydrogens is 260 g/mol. The molecule has 2 heteroatoms. The Balaban J connectivity index is 1.66. The summed E-state index contributed by atoms with van der Waals surface area (Å²) in [7, 11) is 0. The third kappa shape index (κ3) is 2.31. The van der Waals surface area contributed by atoms with E-state index in [2.05, 4.69) is 20.8 Å². The van der Waals surface area contributed by atoms with E-state index in [0.717, 1.165) is 12.0 Å². The van der Waals surface area contributed by atoms with Gasteiger partial charge >= 0.3 is 5.97 Å². The second-order valence-corrected chi connectivity index (χ2v) is 7.28. The molecule has 0 saturated heterocycles. The molecule has 0 N–H and O–H groups in total. The summed E-state index contributed by atoms with van der Waals surface area (Å²) in [6, 6.07) is 9.85. The maximum Gasteiger partial charge on any atom is 0.331 e. The van der Waals surface area contributed by atoms with E-state index in [9.17, 15) is 4.79 Å². The Kier molecular flexibility index (Phi) is 3.43. The van der Waals surface area contributed by atoms with Crippen LogP contribution in [0, 0.1) is 16.7 Å². The lowest BCUT2D eigenvalue weighted by atomic mass is 9.70. The molecule has 1 aromatic rings. The molecule has 21 heavy (non-hydrogen) atoms. The Hall–Kier alpha value is -1.57. The zero-order valence-electron chi connectivity index (χ0n) is 13.1. The fourth-order valence-electron chi connectivity index (χ4n) is 4.22. The van der Waals surface area contributed by atoms with Crippen LogP contribution in [0.25, 0.3) is 6.08 Å². The van der Waals surface area contributed by atoms with Gasteiger partial charge in [-0.3, -0.25) is 0 Å². The van der Waals surface area contributed by atoms with Gasteiger partial charge in [0.25, 0.3) is 0 Å². The molecule has 0 heterocycles. The summed E-state index contributed by atoms with van der Waals surface area (Å²) in [5.41, 5.74) is 1.43. The molecule has 2 fully saturated rings. The molecule has 0 unspecified atom stereocenters. The molecule has 0 amide bonds. The predicted octanol–water partition coefficient (Wildman–Crippen LogP) is 4.46. The van der Waals surface area contributed by atoms with Gasteiger partial charge < -0.3 is 4.74 Å². The SMILES string of the molecule is CC1(C)[C@@H]2CC[C@@]1(C)[C@H](OC(=O)/C=C/c1ccccc1)C2. The van der Waals surface area contributed by atoms with Crippen molar-refractivity contribution in [1.29, 1.82) is 0 Å². The first-order chi connectivity index (χ1) is 9.93. The Labute approximate surface area is 127 Å². The van der Waals surface area contributed by atoms with E-state index in [4.69, 9.17) is 4.74 Å². The van der Waals surface area contributed by atoms with Crippen molar-refractivity contribution in [3.05, 3.63) is 42.0 Å². The van der Waals surface area contributed by atoms with E-state index in [1.54, 1.807) is 6.08 Å².